The van der Waals surface area contributed by atoms with Crippen LogP contribution in [0.25, 0.3) is 0 Å². The summed E-state index contributed by atoms with van der Waals surface area (Å²) in [7, 11) is 0. The zero-order valence-electron chi connectivity index (χ0n) is 7.84. The smallest absolute Gasteiger partial charge is 0.360 e. The second-order valence-corrected chi connectivity index (χ2v) is 4.05. The van der Waals surface area contributed by atoms with Crippen LogP contribution < -0.4 is 5.73 Å². The highest BCUT2D eigenvalue weighted by molar-refractivity contribution is 7.98. The Morgan fingerprint density at radius 2 is 2.60 bits per heavy atom. The van der Waals surface area contributed by atoms with Crippen molar-refractivity contribution >= 4 is 39.9 Å². The van der Waals surface area contributed by atoms with Gasteiger partial charge in [-0.2, -0.15) is 0 Å². The molecule has 0 aliphatic rings. The van der Waals surface area contributed by atoms with Crippen LogP contribution in [0.5, 0.6) is 0 Å². The number of nitrogens with zero attached hydrogens (tertiary/aromatic N) is 2. The first-order chi connectivity index (χ1) is 7.15. The molecule has 1 rings (SSSR count). The molecule has 0 bridgehead atoms. The van der Waals surface area contributed by atoms with Crippen LogP contribution in [0.1, 0.15) is 5.69 Å². The molecule has 82 valence electrons. The lowest BCUT2D eigenvalue weighted by atomic mass is 10.3. The highest BCUT2D eigenvalue weighted by atomic mass is 32.2. The van der Waals surface area contributed by atoms with E-state index >= 15 is 0 Å². The van der Waals surface area contributed by atoms with Gasteiger partial charge in [0.05, 0.1) is 0 Å². The Labute approximate surface area is 94.1 Å². The van der Waals surface area contributed by atoms with Crippen molar-refractivity contribution in [3.8, 4) is 0 Å². The number of thiazole rings is 1. The lowest BCUT2D eigenvalue weighted by Crippen LogP contribution is -2.15. The Bertz CT molecular complexity index is 377. The van der Waals surface area contributed by atoms with Crippen LogP contribution in [0.15, 0.2) is 10.5 Å². The van der Waals surface area contributed by atoms with Crippen LogP contribution in [-0.4, -0.2) is 34.0 Å². The molecule has 8 heteroatoms. The van der Waals surface area contributed by atoms with Crippen LogP contribution in [0.3, 0.4) is 0 Å². The predicted octanol–water partition coefficient (Wildman–Crippen LogP) is 0.851. The average Bonchev–Trinajstić information content (AvgIpc) is 2.59. The fourth-order valence-electron chi connectivity index (χ4n) is 0.735. The minimum absolute atomic E-state index is 0.214. The van der Waals surface area contributed by atoms with Gasteiger partial charge in [0, 0.05) is 5.38 Å². The lowest BCUT2D eigenvalue weighted by Gasteiger charge is -1.97. The molecule has 1 aromatic rings. The topological polar surface area (TPSA) is 97.8 Å². The number of carboxylic acid groups (broad SMARTS) is 1. The molecule has 15 heavy (non-hydrogen) atoms. The van der Waals surface area contributed by atoms with E-state index in [1.807, 2.05) is 6.26 Å². The molecular weight excluding hydrogens is 238 g/mol. The number of aliphatic carboxylic acids is 1. The summed E-state index contributed by atoms with van der Waals surface area (Å²) in [5, 5.41) is 14.1. The number of hydrogen-bond donors (Lipinski definition) is 2. The van der Waals surface area contributed by atoms with Crippen molar-refractivity contribution in [1.29, 1.82) is 0 Å². The van der Waals surface area contributed by atoms with Crippen LogP contribution in [0.4, 0.5) is 5.13 Å². The summed E-state index contributed by atoms with van der Waals surface area (Å²) in [6.07, 6.45) is 1.82. The first-order valence-corrected chi connectivity index (χ1v) is 6.06. The molecule has 0 aliphatic carbocycles. The molecule has 0 unspecified atom stereocenters. The maximum atomic E-state index is 10.8. The SMILES string of the molecule is CSCO/N=C(\C(=O)O)c1csc(N)n1. The van der Waals surface area contributed by atoms with Crippen molar-refractivity contribution in [2.24, 2.45) is 5.16 Å². The molecule has 0 radical (unpaired) electrons. The van der Waals surface area contributed by atoms with Gasteiger partial charge in [-0.25, -0.2) is 9.78 Å². The van der Waals surface area contributed by atoms with Crippen LogP contribution in [0.2, 0.25) is 0 Å². The summed E-state index contributed by atoms with van der Waals surface area (Å²) in [5.41, 5.74) is 5.36. The normalized spacial score (nSPS) is 11.4. The van der Waals surface area contributed by atoms with Crippen LogP contribution >= 0.6 is 23.1 Å². The summed E-state index contributed by atoms with van der Waals surface area (Å²) in [6.45, 7) is 0. The molecule has 3 N–H and O–H groups in total. The Hall–Kier alpha value is -1.28. The number of nitrogens with two attached hydrogens (primary N) is 1. The molecule has 0 aromatic carbocycles. The molecule has 0 spiro atoms. The molecule has 0 atom stereocenters. The van der Waals surface area contributed by atoms with Crippen LogP contribution in [-0.2, 0) is 9.63 Å². The zero-order chi connectivity index (χ0) is 11.3. The number of oxime groups is 1. The largest absolute Gasteiger partial charge is 0.476 e. The molecular formula is C7H9N3O3S2. The molecule has 1 aromatic heterocycles. The van der Waals surface area contributed by atoms with Crippen molar-refractivity contribution < 1.29 is 14.7 Å². The van der Waals surface area contributed by atoms with Gasteiger partial charge in [0.25, 0.3) is 0 Å². The van der Waals surface area contributed by atoms with E-state index in [1.54, 1.807) is 0 Å². The Morgan fingerprint density at radius 3 is 3.07 bits per heavy atom. The van der Waals surface area contributed by atoms with E-state index in [9.17, 15) is 4.79 Å². The van der Waals surface area contributed by atoms with Crippen molar-refractivity contribution in [3.63, 3.8) is 0 Å². The fraction of sp³-hybridized carbons (Fsp3) is 0.286. The van der Waals surface area contributed by atoms with Gasteiger partial charge in [0.1, 0.15) is 5.69 Å². The number of aromatic nitrogens is 1. The Kier molecular flexibility index (Phi) is 4.37. The molecule has 6 nitrogen and oxygen atoms in total. The van der Waals surface area contributed by atoms with Gasteiger partial charge in [0.2, 0.25) is 5.71 Å². The summed E-state index contributed by atoms with van der Waals surface area (Å²) in [6, 6.07) is 0. The summed E-state index contributed by atoms with van der Waals surface area (Å²) >= 11 is 2.54. The molecule has 0 saturated carbocycles. The van der Waals surface area contributed by atoms with E-state index in [-0.39, 0.29) is 17.3 Å². The highest BCUT2D eigenvalue weighted by Gasteiger charge is 2.16. The maximum absolute atomic E-state index is 10.8. The number of rotatable bonds is 5. The first kappa shape index (κ1) is 11.8. The van der Waals surface area contributed by atoms with E-state index in [0.717, 1.165) is 11.3 Å². The zero-order valence-corrected chi connectivity index (χ0v) is 9.47. The van der Waals surface area contributed by atoms with Gasteiger partial charge in [-0.15, -0.1) is 23.1 Å². The number of anilines is 1. The molecule has 1 heterocycles. The van der Waals surface area contributed by atoms with Crippen molar-refractivity contribution in [3.05, 3.63) is 11.1 Å². The maximum Gasteiger partial charge on any atom is 0.360 e. The highest BCUT2D eigenvalue weighted by Crippen LogP contribution is 2.12. The van der Waals surface area contributed by atoms with E-state index in [2.05, 4.69) is 10.1 Å². The van der Waals surface area contributed by atoms with Gasteiger partial charge in [-0.1, -0.05) is 5.16 Å². The number of carboxylic acids is 1. The van der Waals surface area contributed by atoms with E-state index < -0.39 is 5.97 Å². The molecule has 0 amide bonds. The number of thioether (sulfide) groups is 1. The second-order valence-electron chi connectivity index (χ2n) is 2.35. The predicted molar refractivity (Wildman–Crippen MR) is 60.2 cm³/mol. The number of carbonyl (C=O) groups is 1. The number of hydrogen-bond acceptors (Lipinski definition) is 7. The second kappa shape index (κ2) is 5.56. The minimum Gasteiger partial charge on any atom is -0.476 e. The molecule has 0 aliphatic heterocycles. The molecule has 0 fully saturated rings. The monoisotopic (exact) mass is 247 g/mol. The van der Waals surface area contributed by atoms with Crippen molar-refractivity contribution in [2.75, 3.05) is 17.9 Å². The summed E-state index contributed by atoms with van der Waals surface area (Å²) in [5.74, 6) is -0.905. The third kappa shape index (κ3) is 3.40. The quantitative estimate of drug-likeness (QED) is 0.346. The third-order valence-corrected chi connectivity index (χ3v) is 2.31. The van der Waals surface area contributed by atoms with Crippen molar-refractivity contribution in [1.82, 2.24) is 4.98 Å². The van der Waals surface area contributed by atoms with E-state index in [0.29, 0.717) is 5.13 Å². The third-order valence-electron chi connectivity index (χ3n) is 1.29. The van der Waals surface area contributed by atoms with Gasteiger partial charge >= 0.3 is 5.97 Å². The van der Waals surface area contributed by atoms with E-state index in [1.165, 1.54) is 17.1 Å². The lowest BCUT2D eigenvalue weighted by molar-refractivity contribution is -0.129. The average molecular weight is 247 g/mol. The summed E-state index contributed by atoms with van der Waals surface area (Å²) in [4.78, 5) is 19.4. The Balaban J connectivity index is 2.83. The van der Waals surface area contributed by atoms with Crippen molar-refractivity contribution in [2.45, 2.75) is 0 Å². The van der Waals surface area contributed by atoms with Gasteiger partial charge in [-0.05, 0) is 6.26 Å². The standard InChI is InChI=1S/C7H9N3O3S2/c1-14-3-13-10-5(6(11)12)4-2-15-7(8)9-4/h2H,3H2,1H3,(H2,8,9)(H,11,12)/b10-5-. The van der Waals surface area contributed by atoms with Gasteiger partial charge < -0.3 is 15.7 Å². The van der Waals surface area contributed by atoms with Gasteiger partial charge in [-0.3, -0.25) is 0 Å². The minimum atomic E-state index is -1.19. The van der Waals surface area contributed by atoms with E-state index in [4.69, 9.17) is 15.7 Å². The van der Waals surface area contributed by atoms with Gasteiger partial charge in [0.15, 0.2) is 11.1 Å². The first-order valence-electron chi connectivity index (χ1n) is 3.78. The summed E-state index contributed by atoms with van der Waals surface area (Å²) < 4.78 is 0. The fourth-order valence-corrected chi connectivity index (χ4v) is 1.44. The molecule has 0 saturated heterocycles. The van der Waals surface area contributed by atoms with Crippen LogP contribution in [0, 0.1) is 0 Å². The number of nitrogen functional groups attached to an aromatic ring is 1. The Morgan fingerprint density at radius 1 is 1.87 bits per heavy atom.